The summed E-state index contributed by atoms with van der Waals surface area (Å²) in [4.78, 5) is 42.2. The van der Waals surface area contributed by atoms with Crippen molar-refractivity contribution in [3.8, 4) is 17.1 Å². The van der Waals surface area contributed by atoms with Gasteiger partial charge in [0, 0.05) is 18.8 Å². The lowest BCUT2D eigenvalue weighted by Gasteiger charge is -2.19. The zero-order valence-corrected chi connectivity index (χ0v) is 18.9. The molecule has 3 amide bonds. The number of amides is 3. The molecule has 0 saturated heterocycles. The normalized spacial score (nSPS) is 14.4. The largest absolute Gasteiger partial charge is 0.338 e. The third-order valence-corrected chi connectivity index (χ3v) is 6.48. The van der Waals surface area contributed by atoms with Gasteiger partial charge in [0.05, 0.1) is 10.9 Å². The van der Waals surface area contributed by atoms with E-state index in [1.807, 2.05) is 34.9 Å². The molecule has 10 heteroatoms. The molecule has 0 bridgehead atoms. The van der Waals surface area contributed by atoms with Gasteiger partial charge in [-0.2, -0.15) is 4.68 Å². The minimum absolute atomic E-state index is 0.178. The maximum atomic E-state index is 13.3. The predicted octanol–water partition coefficient (Wildman–Crippen LogP) is 2.59. The van der Waals surface area contributed by atoms with Gasteiger partial charge >= 0.3 is 6.03 Å². The Morgan fingerprint density at radius 1 is 1.19 bits per heavy atom. The summed E-state index contributed by atoms with van der Waals surface area (Å²) in [7, 11) is 0. The standard InChI is InChI=1S/C22H26N6O3S/c1-3-23-21(31)25-19(29)14(2)32-22-24-18-17(16-12-8-5-9-13-27(16)22)20(30)28(26-18)15-10-6-4-7-11-15/h4,6-7,10-11,14H,3,5,8-9,12-13H2,1-2H3,(H2,23,25,29,31)/t14-/m1/s1. The number of rotatable bonds is 5. The summed E-state index contributed by atoms with van der Waals surface area (Å²) in [6.07, 6.45) is 3.76. The summed E-state index contributed by atoms with van der Waals surface area (Å²) in [6, 6.07) is 8.77. The van der Waals surface area contributed by atoms with Crippen LogP contribution < -0.4 is 16.2 Å². The van der Waals surface area contributed by atoms with Gasteiger partial charge in [0.1, 0.15) is 5.56 Å². The molecule has 3 aliphatic rings. The van der Waals surface area contributed by atoms with Crippen molar-refractivity contribution in [3.05, 3.63) is 46.4 Å². The molecule has 168 valence electrons. The molecular formula is C22H26N6O3S. The Balaban J connectivity index is 1.74. The number of hydrogen-bond donors (Lipinski definition) is 2. The molecule has 9 nitrogen and oxygen atoms in total. The van der Waals surface area contributed by atoms with E-state index in [2.05, 4.69) is 20.7 Å². The van der Waals surface area contributed by atoms with Crippen LogP contribution >= 0.6 is 11.8 Å². The quantitative estimate of drug-likeness (QED) is 0.453. The van der Waals surface area contributed by atoms with Gasteiger partial charge in [-0.15, -0.1) is 5.10 Å². The Morgan fingerprint density at radius 3 is 2.72 bits per heavy atom. The molecule has 0 spiro atoms. The molecular weight excluding hydrogens is 428 g/mol. The van der Waals surface area contributed by atoms with Crippen LogP contribution in [-0.2, 0) is 17.8 Å². The van der Waals surface area contributed by atoms with Crippen LogP contribution in [0.5, 0.6) is 0 Å². The zero-order valence-electron chi connectivity index (χ0n) is 18.1. The number of benzene rings is 1. The first kappa shape index (κ1) is 22.1. The van der Waals surface area contributed by atoms with Gasteiger partial charge in [-0.05, 0) is 45.2 Å². The van der Waals surface area contributed by atoms with Crippen molar-refractivity contribution in [1.29, 1.82) is 0 Å². The highest BCUT2D eigenvalue weighted by Crippen LogP contribution is 2.32. The fourth-order valence-electron chi connectivity index (χ4n) is 3.82. The van der Waals surface area contributed by atoms with E-state index in [9.17, 15) is 14.4 Å². The molecule has 0 aliphatic carbocycles. The topological polar surface area (TPSA) is 111 Å². The number of carbonyl (C=O) groups is 2. The van der Waals surface area contributed by atoms with E-state index in [1.165, 1.54) is 16.4 Å². The Hall–Kier alpha value is -3.14. The van der Waals surface area contributed by atoms with Crippen molar-refractivity contribution in [3.63, 3.8) is 0 Å². The molecule has 0 unspecified atom stereocenters. The van der Waals surface area contributed by atoms with E-state index in [0.29, 0.717) is 28.8 Å². The predicted molar refractivity (Wildman–Crippen MR) is 122 cm³/mol. The van der Waals surface area contributed by atoms with Crippen LogP contribution in [0.2, 0.25) is 0 Å². The monoisotopic (exact) mass is 454 g/mol. The lowest BCUT2D eigenvalue weighted by atomic mass is 10.1. The Morgan fingerprint density at radius 2 is 1.97 bits per heavy atom. The lowest BCUT2D eigenvalue weighted by Crippen LogP contribution is -2.42. The van der Waals surface area contributed by atoms with Crippen LogP contribution in [0.1, 0.15) is 38.8 Å². The third-order valence-electron chi connectivity index (χ3n) is 5.39. The van der Waals surface area contributed by atoms with Crippen molar-refractivity contribution in [2.75, 3.05) is 6.54 Å². The van der Waals surface area contributed by atoms with Gasteiger partial charge in [-0.25, -0.2) is 9.78 Å². The smallest absolute Gasteiger partial charge is 0.321 e. The maximum absolute atomic E-state index is 13.3. The van der Waals surface area contributed by atoms with Gasteiger partial charge in [-0.3, -0.25) is 14.9 Å². The Bertz CT molecular complexity index is 1160. The molecule has 0 fully saturated rings. The molecule has 0 saturated carbocycles. The summed E-state index contributed by atoms with van der Waals surface area (Å²) in [5.74, 6) is -0.0176. The summed E-state index contributed by atoms with van der Waals surface area (Å²) < 4.78 is 3.44. The highest BCUT2D eigenvalue weighted by Gasteiger charge is 2.28. The number of para-hydroxylation sites is 1. The van der Waals surface area contributed by atoms with E-state index in [1.54, 1.807) is 13.8 Å². The van der Waals surface area contributed by atoms with E-state index in [4.69, 9.17) is 0 Å². The molecule has 1 aromatic rings. The van der Waals surface area contributed by atoms with Crippen LogP contribution in [0.3, 0.4) is 0 Å². The average molecular weight is 455 g/mol. The number of imide groups is 1. The van der Waals surface area contributed by atoms with Crippen LogP contribution in [0.15, 0.2) is 40.3 Å². The highest BCUT2D eigenvalue weighted by molar-refractivity contribution is 8.00. The fraction of sp³-hybridized carbons (Fsp3) is 0.409. The lowest BCUT2D eigenvalue weighted by molar-refractivity contribution is -0.119. The van der Waals surface area contributed by atoms with E-state index in [0.717, 1.165) is 37.9 Å². The minimum atomic E-state index is -0.551. The molecule has 2 N–H and O–H groups in total. The number of urea groups is 1. The van der Waals surface area contributed by atoms with Gasteiger partial charge in [0.15, 0.2) is 11.0 Å². The molecule has 3 heterocycles. The van der Waals surface area contributed by atoms with Crippen molar-refractivity contribution < 1.29 is 9.59 Å². The molecule has 1 atom stereocenters. The first-order valence-corrected chi connectivity index (χ1v) is 11.7. The SMILES string of the molecule is CCNC(=O)NC(=O)[C@@H](C)Sc1nc2nn(-c3ccccc3)c(=O)c-2c2n1CCCCC2. The molecule has 0 radical (unpaired) electrons. The number of aromatic nitrogens is 4. The number of carbonyl (C=O) groups excluding carboxylic acids is 2. The van der Waals surface area contributed by atoms with Crippen LogP contribution in [0, 0.1) is 0 Å². The number of nitrogens with one attached hydrogen (secondary N) is 2. The fourth-order valence-corrected chi connectivity index (χ4v) is 4.77. The average Bonchev–Trinajstić information content (AvgIpc) is 2.95. The Kier molecular flexibility index (Phi) is 6.59. The maximum Gasteiger partial charge on any atom is 0.321 e. The molecule has 3 aliphatic heterocycles. The van der Waals surface area contributed by atoms with Gasteiger partial charge in [-0.1, -0.05) is 36.4 Å². The summed E-state index contributed by atoms with van der Waals surface area (Å²) in [6.45, 7) is 4.67. The first-order chi connectivity index (χ1) is 15.5. The van der Waals surface area contributed by atoms with Crippen molar-refractivity contribution in [2.24, 2.45) is 0 Å². The van der Waals surface area contributed by atoms with E-state index >= 15 is 0 Å². The van der Waals surface area contributed by atoms with Crippen molar-refractivity contribution in [1.82, 2.24) is 30.0 Å². The molecule has 4 rings (SSSR count). The second-order valence-corrected chi connectivity index (χ2v) is 8.97. The highest BCUT2D eigenvalue weighted by atomic mass is 32.2. The van der Waals surface area contributed by atoms with Crippen LogP contribution in [-0.4, -0.2) is 43.1 Å². The van der Waals surface area contributed by atoms with Crippen LogP contribution in [0.25, 0.3) is 17.1 Å². The van der Waals surface area contributed by atoms with Crippen molar-refractivity contribution >= 4 is 23.7 Å². The summed E-state index contributed by atoms with van der Waals surface area (Å²) >= 11 is 1.27. The second kappa shape index (κ2) is 9.56. The third kappa shape index (κ3) is 4.40. The van der Waals surface area contributed by atoms with E-state index in [-0.39, 0.29) is 5.56 Å². The van der Waals surface area contributed by atoms with Gasteiger partial charge < -0.3 is 9.88 Å². The molecule has 32 heavy (non-hydrogen) atoms. The number of nitrogens with zero attached hydrogens (tertiary/aromatic N) is 4. The minimum Gasteiger partial charge on any atom is -0.338 e. The number of fused-ring (bicyclic) bond motifs is 3. The van der Waals surface area contributed by atoms with Crippen LogP contribution in [0.4, 0.5) is 4.79 Å². The first-order valence-electron chi connectivity index (χ1n) is 10.8. The molecule has 1 aromatic carbocycles. The van der Waals surface area contributed by atoms with Gasteiger partial charge in [0.2, 0.25) is 5.91 Å². The van der Waals surface area contributed by atoms with Gasteiger partial charge in [0.25, 0.3) is 5.56 Å². The second-order valence-electron chi connectivity index (χ2n) is 7.66. The zero-order chi connectivity index (χ0) is 22.7. The molecule has 0 aromatic heterocycles. The number of hydrogen-bond acceptors (Lipinski definition) is 6. The van der Waals surface area contributed by atoms with Crippen molar-refractivity contribution in [2.45, 2.75) is 56.5 Å². The Labute approximate surface area is 189 Å². The summed E-state index contributed by atoms with van der Waals surface area (Å²) in [5, 5.41) is 9.49. The summed E-state index contributed by atoms with van der Waals surface area (Å²) in [5.41, 5.74) is 1.97. The van der Waals surface area contributed by atoms with E-state index < -0.39 is 17.2 Å². The number of thioether (sulfide) groups is 1.